The third-order valence-corrected chi connectivity index (χ3v) is 6.23. The lowest BCUT2D eigenvalue weighted by Gasteiger charge is -2.38. The second kappa shape index (κ2) is 7.99. The Bertz CT molecular complexity index is 1400. The van der Waals surface area contributed by atoms with Crippen LogP contribution in [0.3, 0.4) is 0 Å². The lowest BCUT2D eigenvalue weighted by Crippen LogP contribution is -2.47. The standard InChI is InChI=1S/C24H24FN5O3/c1-4-33-22(32)13-30-20-7-5-6-17(18-9-21-15(8-19(18)25)10-26-28(21)3)23(20)24(27-30)16-11-29(12-16)14(2)31/h5-10,16H,4,11-13H2,1-3H3. The van der Waals surface area contributed by atoms with Gasteiger partial charge in [-0.2, -0.15) is 10.2 Å². The molecule has 0 unspecified atom stereocenters. The molecule has 0 saturated carbocycles. The van der Waals surface area contributed by atoms with Crippen molar-refractivity contribution in [3.63, 3.8) is 0 Å². The summed E-state index contributed by atoms with van der Waals surface area (Å²) < 4.78 is 23.7. The van der Waals surface area contributed by atoms with Crippen LogP contribution in [0.4, 0.5) is 4.39 Å². The minimum Gasteiger partial charge on any atom is -0.465 e. The van der Waals surface area contributed by atoms with Crippen molar-refractivity contribution >= 4 is 33.7 Å². The molecule has 0 N–H and O–H groups in total. The molecule has 1 aliphatic heterocycles. The number of esters is 1. The van der Waals surface area contributed by atoms with Crippen LogP contribution < -0.4 is 0 Å². The average Bonchev–Trinajstić information content (AvgIpc) is 3.27. The van der Waals surface area contributed by atoms with E-state index in [0.717, 1.165) is 27.5 Å². The number of aromatic nitrogens is 4. The van der Waals surface area contributed by atoms with Gasteiger partial charge in [0.25, 0.3) is 0 Å². The second-order valence-electron chi connectivity index (χ2n) is 8.33. The van der Waals surface area contributed by atoms with Crippen molar-refractivity contribution in [3.05, 3.63) is 48.0 Å². The Labute approximate surface area is 189 Å². The number of carbonyl (C=O) groups is 2. The third kappa shape index (κ3) is 3.53. The van der Waals surface area contributed by atoms with Crippen molar-refractivity contribution < 1.29 is 18.7 Å². The molecule has 4 aromatic rings. The molecule has 0 spiro atoms. The molecule has 2 aromatic heterocycles. The number of benzene rings is 2. The Hall–Kier alpha value is -3.75. The maximum absolute atomic E-state index is 15.3. The molecular formula is C24H24FN5O3. The van der Waals surface area contributed by atoms with Gasteiger partial charge in [-0.25, -0.2) is 4.39 Å². The van der Waals surface area contributed by atoms with E-state index < -0.39 is 0 Å². The third-order valence-electron chi connectivity index (χ3n) is 6.23. The number of hydrogen-bond donors (Lipinski definition) is 0. The fourth-order valence-corrected chi connectivity index (χ4v) is 4.50. The highest BCUT2D eigenvalue weighted by Crippen LogP contribution is 2.39. The number of likely N-dealkylation sites (tertiary alicyclic amines) is 1. The number of ether oxygens (including phenoxy) is 1. The summed E-state index contributed by atoms with van der Waals surface area (Å²) in [6.07, 6.45) is 1.64. The molecule has 1 aliphatic rings. The van der Waals surface area contributed by atoms with Crippen molar-refractivity contribution in [1.29, 1.82) is 0 Å². The van der Waals surface area contributed by atoms with Crippen LogP contribution in [0, 0.1) is 5.82 Å². The van der Waals surface area contributed by atoms with Crippen molar-refractivity contribution in [3.8, 4) is 11.1 Å². The normalized spacial score (nSPS) is 14.1. The van der Waals surface area contributed by atoms with Gasteiger partial charge >= 0.3 is 5.97 Å². The molecule has 5 rings (SSSR count). The molecule has 8 nitrogen and oxygen atoms in total. The molecule has 0 bridgehead atoms. The predicted molar refractivity (Wildman–Crippen MR) is 121 cm³/mol. The molecule has 2 aromatic carbocycles. The van der Waals surface area contributed by atoms with E-state index in [1.54, 1.807) is 33.5 Å². The highest BCUT2D eigenvalue weighted by molar-refractivity contribution is 6.00. The fourth-order valence-electron chi connectivity index (χ4n) is 4.50. The van der Waals surface area contributed by atoms with Crippen LogP contribution in [0.2, 0.25) is 0 Å². The van der Waals surface area contributed by atoms with E-state index in [1.165, 1.54) is 13.0 Å². The molecule has 33 heavy (non-hydrogen) atoms. The van der Waals surface area contributed by atoms with Crippen LogP contribution in [0.25, 0.3) is 32.9 Å². The van der Waals surface area contributed by atoms with E-state index in [-0.39, 0.29) is 36.8 Å². The van der Waals surface area contributed by atoms with E-state index in [2.05, 4.69) is 5.10 Å². The van der Waals surface area contributed by atoms with Crippen molar-refractivity contribution in [2.24, 2.45) is 7.05 Å². The number of amides is 1. The van der Waals surface area contributed by atoms with Gasteiger partial charge < -0.3 is 9.64 Å². The summed E-state index contributed by atoms with van der Waals surface area (Å²) in [4.78, 5) is 25.7. The van der Waals surface area contributed by atoms with E-state index in [9.17, 15) is 9.59 Å². The Balaban J connectivity index is 1.69. The minimum atomic E-state index is -0.389. The smallest absolute Gasteiger partial charge is 0.327 e. The molecular weight excluding hydrogens is 425 g/mol. The lowest BCUT2D eigenvalue weighted by atomic mass is 9.90. The Morgan fingerprint density at radius 2 is 1.97 bits per heavy atom. The number of aryl methyl sites for hydroxylation is 1. The summed E-state index contributed by atoms with van der Waals surface area (Å²) in [6.45, 7) is 4.61. The largest absolute Gasteiger partial charge is 0.465 e. The first kappa shape index (κ1) is 21.1. The average molecular weight is 449 g/mol. The van der Waals surface area contributed by atoms with Crippen LogP contribution in [0.15, 0.2) is 36.5 Å². The van der Waals surface area contributed by atoms with Crippen LogP contribution >= 0.6 is 0 Å². The monoisotopic (exact) mass is 449 g/mol. The van der Waals surface area contributed by atoms with Crippen LogP contribution in [0.1, 0.15) is 25.5 Å². The SMILES string of the molecule is CCOC(=O)Cn1nc(C2CN(C(C)=O)C2)c2c(-c3cc4c(cnn4C)cc3F)cccc21. The van der Waals surface area contributed by atoms with Gasteiger partial charge in [0.15, 0.2) is 0 Å². The summed E-state index contributed by atoms with van der Waals surface area (Å²) in [5.41, 5.74) is 3.43. The van der Waals surface area contributed by atoms with E-state index >= 15 is 4.39 Å². The van der Waals surface area contributed by atoms with Crippen LogP contribution in [0.5, 0.6) is 0 Å². The Morgan fingerprint density at radius 1 is 1.18 bits per heavy atom. The summed E-state index contributed by atoms with van der Waals surface area (Å²) in [6, 6.07) is 8.85. The van der Waals surface area contributed by atoms with Crippen molar-refractivity contribution in [1.82, 2.24) is 24.5 Å². The Kier molecular flexibility index (Phi) is 5.11. The maximum atomic E-state index is 15.3. The van der Waals surface area contributed by atoms with Crippen LogP contribution in [-0.4, -0.2) is 56.0 Å². The maximum Gasteiger partial charge on any atom is 0.327 e. The zero-order valence-corrected chi connectivity index (χ0v) is 18.7. The van der Waals surface area contributed by atoms with Crippen LogP contribution in [-0.2, 0) is 27.9 Å². The van der Waals surface area contributed by atoms with Gasteiger partial charge in [0.1, 0.15) is 12.4 Å². The molecule has 0 radical (unpaired) electrons. The Morgan fingerprint density at radius 3 is 2.70 bits per heavy atom. The summed E-state index contributed by atoms with van der Waals surface area (Å²) >= 11 is 0. The number of halogens is 1. The lowest BCUT2D eigenvalue weighted by molar-refractivity contribution is -0.144. The molecule has 0 aliphatic carbocycles. The molecule has 170 valence electrons. The van der Waals surface area contributed by atoms with Gasteiger partial charge in [-0.15, -0.1) is 0 Å². The summed E-state index contributed by atoms with van der Waals surface area (Å²) in [7, 11) is 1.82. The first-order valence-corrected chi connectivity index (χ1v) is 10.9. The van der Waals surface area contributed by atoms with Gasteiger partial charge in [-0.1, -0.05) is 12.1 Å². The van der Waals surface area contributed by atoms with Crippen molar-refractivity contribution in [2.45, 2.75) is 26.3 Å². The number of nitrogens with zero attached hydrogens (tertiary/aromatic N) is 5. The predicted octanol–water partition coefficient (Wildman–Crippen LogP) is 3.24. The first-order valence-electron chi connectivity index (χ1n) is 10.9. The minimum absolute atomic E-state index is 0.00416. The summed E-state index contributed by atoms with van der Waals surface area (Å²) in [5.74, 6) is -0.731. The molecule has 3 heterocycles. The molecule has 1 fully saturated rings. The highest BCUT2D eigenvalue weighted by atomic mass is 19.1. The van der Waals surface area contributed by atoms with E-state index in [1.807, 2.05) is 25.2 Å². The molecule has 9 heteroatoms. The van der Waals surface area contributed by atoms with Crippen molar-refractivity contribution in [2.75, 3.05) is 19.7 Å². The van der Waals surface area contributed by atoms with Gasteiger partial charge in [0.05, 0.1) is 29.5 Å². The molecule has 0 atom stereocenters. The van der Waals surface area contributed by atoms with Gasteiger partial charge in [0.2, 0.25) is 5.91 Å². The van der Waals surface area contributed by atoms with Gasteiger partial charge in [-0.3, -0.25) is 19.0 Å². The second-order valence-corrected chi connectivity index (χ2v) is 8.33. The fraction of sp³-hybridized carbons (Fsp3) is 0.333. The number of rotatable bonds is 5. The van der Waals surface area contributed by atoms with E-state index in [4.69, 9.17) is 9.84 Å². The highest BCUT2D eigenvalue weighted by Gasteiger charge is 2.34. The quantitative estimate of drug-likeness (QED) is 0.437. The number of carbonyl (C=O) groups excluding carboxylic acids is 2. The first-order chi connectivity index (χ1) is 15.9. The zero-order chi connectivity index (χ0) is 23.3. The number of fused-ring (bicyclic) bond motifs is 2. The van der Waals surface area contributed by atoms with Gasteiger partial charge in [-0.05, 0) is 30.7 Å². The summed E-state index contributed by atoms with van der Waals surface area (Å²) in [5, 5.41) is 10.5. The number of hydrogen-bond acceptors (Lipinski definition) is 5. The zero-order valence-electron chi connectivity index (χ0n) is 18.7. The van der Waals surface area contributed by atoms with Gasteiger partial charge in [0, 0.05) is 49.3 Å². The molecule has 1 amide bonds. The molecule has 1 saturated heterocycles. The van der Waals surface area contributed by atoms with E-state index in [0.29, 0.717) is 24.2 Å². The topological polar surface area (TPSA) is 82.2 Å².